The van der Waals surface area contributed by atoms with Crippen LogP contribution in [0.25, 0.3) is 0 Å². The number of nitrogens with zero attached hydrogens (tertiary/aromatic N) is 5. The first kappa shape index (κ1) is 11.5. The van der Waals surface area contributed by atoms with E-state index in [9.17, 15) is 0 Å². The Morgan fingerprint density at radius 2 is 2.17 bits per heavy atom. The highest BCUT2D eigenvalue weighted by molar-refractivity contribution is 5.30. The van der Waals surface area contributed by atoms with Crippen molar-refractivity contribution in [1.82, 2.24) is 24.5 Å². The maximum absolute atomic E-state index is 4.77. The molecule has 3 heterocycles. The predicted molar refractivity (Wildman–Crippen MR) is 69.1 cm³/mol. The normalized spacial score (nSPS) is 15.6. The predicted octanol–water partition coefficient (Wildman–Crippen LogP) is 1.65. The second-order valence-electron chi connectivity index (χ2n) is 5.29. The van der Waals surface area contributed by atoms with Gasteiger partial charge in [0.25, 0.3) is 0 Å². The first-order chi connectivity index (χ1) is 8.65. The molecule has 96 valence electrons. The summed E-state index contributed by atoms with van der Waals surface area (Å²) < 4.78 is 4.10. The van der Waals surface area contributed by atoms with Gasteiger partial charge in [-0.25, -0.2) is 0 Å². The van der Waals surface area contributed by atoms with Crippen LogP contribution in [0.1, 0.15) is 36.8 Å². The van der Waals surface area contributed by atoms with Crippen LogP contribution in [0, 0.1) is 0 Å². The second kappa shape index (κ2) is 4.24. The van der Waals surface area contributed by atoms with E-state index in [1.165, 1.54) is 11.3 Å². The number of hydrogen-bond donors (Lipinski definition) is 0. The van der Waals surface area contributed by atoms with Gasteiger partial charge in [0.15, 0.2) is 0 Å². The fourth-order valence-corrected chi connectivity index (χ4v) is 2.59. The lowest BCUT2D eigenvalue weighted by Crippen LogP contribution is -2.15. The summed E-state index contributed by atoms with van der Waals surface area (Å²) in [7, 11) is 2.16. The maximum atomic E-state index is 4.77. The van der Waals surface area contributed by atoms with E-state index in [-0.39, 0.29) is 0 Å². The van der Waals surface area contributed by atoms with Crippen molar-refractivity contribution >= 4 is 0 Å². The Morgan fingerprint density at radius 3 is 2.83 bits per heavy atom. The lowest BCUT2D eigenvalue weighted by atomic mass is 10.2. The average molecular weight is 245 g/mol. The number of aromatic nitrogens is 4. The molecule has 18 heavy (non-hydrogen) atoms. The fraction of sp³-hybridized carbons (Fsp3) is 0.538. The third-order valence-corrected chi connectivity index (χ3v) is 3.41. The highest BCUT2D eigenvalue weighted by atomic mass is 15.3. The third kappa shape index (κ3) is 1.84. The highest BCUT2D eigenvalue weighted by Crippen LogP contribution is 2.27. The quantitative estimate of drug-likeness (QED) is 0.825. The molecule has 2 aromatic rings. The molecule has 3 rings (SSSR count). The Kier molecular flexibility index (Phi) is 2.70. The molecule has 0 aromatic carbocycles. The van der Waals surface area contributed by atoms with Gasteiger partial charge in [-0.2, -0.15) is 10.2 Å². The van der Waals surface area contributed by atoms with Crippen molar-refractivity contribution < 1.29 is 0 Å². The zero-order chi connectivity index (χ0) is 12.7. The van der Waals surface area contributed by atoms with Crippen molar-refractivity contribution in [1.29, 1.82) is 0 Å². The van der Waals surface area contributed by atoms with E-state index in [1.807, 2.05) is 23.1 Å². The lowest BCUT2D eigenvalue weighted by Gasteiger charge is -2.12. The molecule has 0 fully saturated rings. The molecule has 0 radical (unpaired) electrons. The Morgan fingerprint density at radius 1 is 1.33 bits per heavy atom. The van der Waals surface area contributed by atoms with Crippen molar-refractivity contribution in [3.05, 3.63) is 35.4 Å². The first-order valence-corrected chi connectivity index (χ1v) is 6.40. The summed E-state index contributed by atoms with van der Waals surface area (Å²) >= 11 is 0. The van der Waals surface area contributed by atoms with Crippen LogP contribution in [-0.2, 0) is 19.6 Å². The van der Waals surface area contributed by atoms with Crippen molar-refractivity contribution in [2.24, 2.45) is 0 Å². The van der Waals surface area contributed by atoms with Crippen LogP contribution >= 0.6 is 0 Å². The minimum absolute atomic E-state index is 0.414. The molecule has 0 bridgehead atoms. The minimum atomic E-state index is 0.414. The van der Waals surface area contributed by atoms with Crippen LogP contribution in [-0.4, -0.2) is 31.5 Å². The number of rotatable bonds is 3. The van der Waals surface area contributed by atoms with Gasteiger partial charge >= 0.3 is 0 Å². The van der Waals surface area contributed by atoms with Crippen molar-refractivity contribution in [3.8, 4) is 0 Å². The third-order valence-electron chi connectivity index (χ3n) is 3.41. The monoisotopic (exact) mass is 245 g/mol. The highest BCUT2D eigenvalue weighted by Gasteiger charge is 2.26. The van der Waals surface area contributed by atoms with Gasteiger partial charge < -0.3 is 0 Å². The Labute approximate surface area is 107 Å². The summed E-state index contributed by atoms with van der Waals surface area (Å²) in [4.78, 5) is 2.33. The first-order valence-electron chi connectivity index (χ1n) is 6.40. The molecule has 0 aliphatic carbocycles. The van der Waals surface area contributed by atoms with E-state index in [0.29, 0.717) is 6.04 Å². The van der Waals surface area contributed by atoms with Gasteiger partial charge in [-0.1, -0.05) is 0 Å². The van der Waals surface area contributed by atoms with Gasteiger partial charge in [-0.15, -0.1) is 0 Å². The Hall–Kier alpha value is -1.62. The SMILES string of the molecule is CC(C)n1nc(Cn2cccn2)c2c1CN(C)C2. The lowest BCUT2D eigenvalue weighted by molar-refractivity contribution is 0.335. The second-order valence-corrected chi connectivity index (χ2v) is 5.29. The van der Waals surface area contributed by atoms with Gasteiger partial charge in [0.1, 0.15) is 0 Å². The summed E-state index contributed by atoms with van der Waals surface area (Å²) in [6.07, 6.45) is 3.80. The maximum Gasteiger partial charge on any atom is 0.0888 e. The topological polar surface area (TPSA) is 38.9 Å². The van der Waals surface area contributed by atoms with Gasteiger partial charge in [-0.3, -0.25) is 14.3 Å². The number of fused-ring (bicyclic) bond motifs is 1. The Bertz CT molecular complexity index is 538. The molecule has 0 N–H and O–H groups in total. The fourth-order valence-electron chi connectivity index (χ4n) is 2.59. The molecule has 0 amide bonds. The minimum Gasteiger partial charge on any atom is -0.296 e. The van der Waals surface area contributed by atoms with Crippen LogP contribution in [0.2, 0.25) is 0 Å². The molecule has 1 aliphatic heterocycles. The zero-order valence-electron chi connectivity index (χ0n) is 11.2. The summed E-state index contributed by atoms with van der Waals surface area (Å²) in [6, 6.07) is 2.36. The number of hydrogen-bond acceptors (Lipinski definition) is 3. The summed E-state index contributed by atoms with van der Waals surface area (Å²) in [5.74, 6) is 0. The van der Waals surface area contributed by atoms with E-state index in [4.69, 9.17) is 5.10 Å². The standard InChI is InChI=1S/C13H19N5/c1-10(2)18-13-9-16(3)7-11(13)12(15-18)8-17-6-4-5-14-17/h4-6,10H,7-9H2,1-3H3. The van der Waals surface area contributed by atoms with E-state index in [0.717, 1.165) is 25.3 Å². The van der Waals surface area contributed by atoms with E-state index >= 15 is 0 Å². The van der Waals surface area contributed by atoms with Crippen LogP contribution in [0.4, 0.5) is 0 Å². The summed E-state index contributed by atoms with van der Waals surface area (Å²) in [5, 5.41) is 9.03. The van der Waals surface area contributed by atoms with E-state index < -0.39 is 0 Å². The van der Waals surface area contributed by atoms with E-state index in [2.05, 4.69) is 35.6 Å². The van der Waals surface area contributed by atoms with Crippen LogP contribution in [0.3, 0.4) is 0 Å². The summed E-state index contributed by atoms with van der Waals surface area (Å²) in [5.41, 5.74) is 3.92. The van der Waals surface area contributed by atoms with Gasteiger partial charge in [0.05, 0.1) is 17.9 Å². The molecule has 0 unspecified atom stereocenters. The smallest absolute Gasteiger partial charge is 0.0888 e. The molecule has 5 heteroatoms. The van der Waals surface area contributed by atoms with Crippen LogP contribution < -0.4 is 0 Å². The summed E-state index contributed by atoms with van der Waals surface area (Å²) in [6.45, 7) is 7.13. The molecule has 0 saturated heterocycles. The van der Waals surface area contributed by atoms with Gasteiger partial charge in [0, 0.05) is 37.1 Å². The molecule has 1 aliphatic rings. The molecule has 0 spiro atoms. The van der Waals surface area contributed by atoms with Crippen molar-refractivity contribution in [2.75, 3.05) is 7.05 Å². The molecular formula is C13H19N5. The largest absolute Gasteiger partial charge is 0.296 e. The molecule has 0 saturated carbocycles. The van der Waals surface area contributed by atoms with Gasteiger partial charge in [-0.05, 0) is 27.0 Å². The van der Waals surface area contributed by atoms with Crippen LogP contribution in [0.5, 0.6) is 0 Å². The zero-order valence-corrected chi connectivity index (χ0v) is 11.2. The van der Waals surface area contributed by atoms with E-state index in [1.54, 1.807) is 0 Å². The van der Waals surface area contributed by atoms with Gasteiger partial charge in [0.2, 0.25) is 0 Å². The molecular weight excluding hydrogens is 226 g/mol. The van der Waals surface area contributed by atoms with Crippen molar-refractivity contribution in [2.45, 2.75) is 39.5 Å². The van der Waals surface area contributed by atoms with Crippen molar-refractivity contribution in [3.63, 3.8) is 0 Å². The molecule has 2 aromatic heterocycles. The Balaban J connectivity index is 1.98. The molecule has 5 nitrogen and oxygen atoms in total. The molecule has 0 atom stereocenters. The van der Waals surface area contributed by atoms with Crippen LogP contribution in [0.15, 0.2) is 18.5 Å². The average Bonchev–Trinajstić information content (AvgIpc) is 2.97.